The lowest BCUT2D eigenvalue weighted by Gasteiger charge is -2.18. The molecule has 0 saturated heterocycles. The maximum Gasteiger partial charge on any atom is 0.194 e. The molecule has 1 aliphatic heterocycles. The Morgan fingerprint density at radius 1 is 1.35 bits per heavy atom. The van der Waals surface area contributed by atoms with E-state index in [1.54, 1.807) is 7.11 Å². The maximum atomic E-state index is 5.13. The highest BCUT2D eigenvalue weighted by atomic mass is 16.5. The molecule has 0 radical (unpaired) electrons. The third-order valence-electron chi connectivity index (χ3n) is 2.92. The highest BCUT2D eigenvalue weighted by molar-refractivity contribution is 5.81. The molecule has 0 fully saturated rings. The van der Waals surface area contributed by atoms with Gasteiger partial charge < -0.3 is 15.0 Å². The van der Waals surface area contributed by atoms with E-state index in [0.29, 0.717) is 0 Å². The molecule has 2 rings (SSSR count). The molecule has 1 aliphatic rings. The van der Waals surface area contributed by atoms with Gasteiger partial charge in [-0.15, -0.1) is 0 Å². The first-order valence-corrected chi connectivity index (χ1v) is 5.99. The Balaban J connectivity index is 1.89. The smallest absolute Gasteiger partial charge is 0.194 e. The lowest BCUT2D eigenvalue weighted by Crippen LogP contribution is -2.37. The lowest BCUT2D eigenvalue weighted by molar-refractivity contribution is 0.414. The Bertz CT molecular complexity index is 386. The normalized spacial score (nSPS) is 14.7. The minimum Gasteiger partial charge on any atom is -0.497 e. The van der Waals surface area contributed by atoms with Gasteiger partial charge in [0.1, 0.15) is 5.75 Å². The molecule has 4 heteroatoms. The number of rotatable bonds is 4. The van der Waals surface area contributed by atoms with Crippen LogP contribution in [0.4, 0.5) is 0 Å². The van der Waals surface area contributed by atoms with E-state index in [1.807, 2.05) is 12.1 Å². The van der Waals surface area contributed by atoms with Gasteiger partial charge in [0.25, 0.3) is 0 Å². The summed E-state index contributed by atoms with van der Waals surface area (Å²) in [4.78, 5) is 6.70. The second-order valence-corrected chi connectivity index (χ2v) is 3.99. The number of ether oxygens (including phenoxy) is 1. The molecule has 4 nitrogen and oxygen atoms in total. The number of hydrogen-bond donors (Lipinski definition) is 1. The van der Waals surface area contributed by atoms with Gasteiger partial charge in [-0.1, -0.05) is 12.1 Å². The van der Waals surface area contributed by atoms with E-state index in [-0.39, 0.29) is 0 Å². The van der Waals surface area contributed by atoms with Crippen LogP contribution in [0.3, 0.4) is 0 Å². The van der Waals surface area contributed by atoms with E-state index in [4.69, 9.17) is 4.74 Å². The lowest BCUT2D eigenvalue weighted by atomic mass is 10.2. The number of hydrogen-bond acceptors (Lipinski definition) is 4. The fraction of sp³-hybridized carbons (Fsp3) is 0.462. The zero-order valence-electron chi connectivity index (χ0n) is 10.4. The number of likely N-dealkylation sites (N-methyl/N-ethyl adjacent to an activating group) is 1. The van der Waals surface area contributed by atoms with Crippen molar-refractivity contribution in [3.05, 3.63) is 29.8 Å². The van der Waals surface area contributed by atoms with Gasteiger partial charge >= 0.3 is 0 Å². The van der Waals surface area contributed by atoms with Crippen LogP contribution < -0.4 is 10.1 Å². The Kier molecular flexibility index (Phi) is 3.85. The zero-order chi connectivity index (χ0) is 12.1. The molecule has 0 spiro atoms. The van der Waals surface area contributed by atoms with Crippen LogP contribution in [0.25, 0.3) is 0 Å². The molecule has 0 saturated carbocycles. The van der Waals surface area contributed by atoms with Gasteiger partial charge in [-0.25, -0.2) is 0 Å². The van der Waals surface area contributed by atoms with Crippen molar-refractivity contribution in [3.8, 4) is 5.75 Å². The van der Waals surface area contributed by atoms with Crippen molar-refractivity contribution in [1.29, 1.82) is 0 Å². The molecule has 92 valence electrons. The molecule has 0 bridgehead atoms. The predicted octanol–water partition coefficient (Wildman–Crippen LogP) is 1.48. The third kappa shape index (κ3) is 2.90. The van der Waals surface area contributed by atoms with E-state index in [1.165, 1.54) is 5.56 Å². The summed E-state index contributed by atoms with van der Waals surface area (Å²) in [6, 6.07) is 8.09. The number of benzene rings is 1. The summed E-state index contributed by atoms with van der Waals surface area (Å²) in [5, 5.41) is 3.37. The van der Waals surface area contributed by atoms with Crippen LogP contribution in [-0.4, -0.2) is 37.6 Å². The van der Waals surface area contributed by atoms with Crippen LogP contribution >= 0.6 is 0 Å². The van der Waals surface area contributed by atoms with Gasteiger partial charge in [-0.2, -0.15) is 0 Å². The summed E-state index contributed by atoms with van der Waals surface area (Å²) in [7, 11) is 1.68. The molecular weight excluding hydrogens is 214 g/mol. The van der Waals surface area contributed by atoms with Crippen LogP contribution in [-0.2, 0) is 6.54 Å². The van der Waals surface area contributed by atoms with E-state index in [9.17, 15) is 0 Å². The summed E-state index contributed by atoms with van der Waals surface area (Å²) in [6.07, 6.45) is 0. The van der Waals surface area contributed by atoms with Crippen molar-refractivity contribution in [2.75, 3.05) is 26.7 Å². The number of nitrogens with one attached hydrogen (secondary N) is 1. The Morgan fingerprint density at radius 3 is 2.76 bits per heavy atom. The van der Waals surface area contributed by atoms with E-state index in [2.05, 4.69) is 34.3 Å². The zero-order valence-corrected chi connectivity index (χ0v) is 10.4. The van der Waals surface area contributed by atoms with Crippen LogP contribution in [0.15, 0.2) is 29.3 Å². The SMILES string of the molecule is CCN1CCN=C1NCc1ccc(OC)cc1. The number of guanidine groups is 1. The van der Waals surface area contributed by atoms with E-state index < -0.39 is 0 Å². The van der Waals surface area contributed by atoms with Crippen molar-refractivity contribution in [2.24, 2.45) is 4.99 Å². The first-order chi connectivity index (χ1) is 8.33. The van der Waals surface area contributed by atoms with Gasteiger partial charge in [0, 0.05) is 19.6 Å². The molecule has 0 unspecified atom stereocenters. The van der Waals surface area contributed by atoms with Gasteiger partial charge in [0.05, 0.1) is 13.7 Å². The minimum absolute atomic E-state index is 0.805. The topological polar surface area (TPSA) is 36.9 Å². The highest BCUT2D eigenvalue weighted by Crippen LogP contribution is 2.11. The molecule has 0 atom stereocenters. The number of methoxy groups -OCH3 is 1. The maximum absolute atomic E-state index is 5.13. The molecule has 1 aromatic rings. The summed E-state index contributed by atoms with van der Waals surface area (Å²) >= 11 is 0. The van der Waals surface area contributed by atoms with Gasteiger partial charge in [-0.05, 0) is 24.6 Å². The molecule has 1 N–H and O–H groups in total. The summed E-state index contributed by atoms with van der Waals surface area (Å²) in [6.45, 7) is 5.89. The molecule has 1 heterocycles. The van der Waals surface area contributed by atoms with Gasteiger partial charge in [-0.3, -0.25) is 4.99 Å². The van der Waals surface area contributed by atoms with Crippen molar-refractivity contribution in [2.45, 2.75) is 13.5 Å². The predicted molar refractivity (Wildman–Crippen MR) is 69.4 cm³/mol. The largest absolute Gasteiger partial charge is 0.497 e. The highest BCUT2D eigenvalue weighted by Gasteiger charge is 2.13. The summed E-state index contributed by atoms with van der Waals surface area (Å²) in [5.41, 5.74) is 1.23. The molecule has 0 aromatic heterocycles. The molecule has 17 heavy (non-hydrogen) atoms. The summed E-state index contributed by atoms with van der Waals surface area (Å²) in [5.74, 6) is 1.91. The Morgan fingerprint density at radius 2 is 2.12 bits per heavy atom. The van der Waals surface area contributed by atoms with Gasteiger partial charge in [0.2, 0.25) is 0 Å². The molecular formula is C13H19N3O. The van der Waals surface area contributed by atoms with Crippen molar-refractivity contribution in [3.63, 3.8) is 0 Å². The quantitative estimate of drug-likeness (QED) is 0.855. The Hall–Kier alpha value is -1.71. The second kappa shape index (κ2) is 5.57. The first-order valence-electron chi connectivity index (χ1n) is 5.99. The van der Waals surface area contributed by atoms with Crippen LogP contribution in [0.2, 0.25) is 0 Å². The minimum atomic E-state index is 0.805. The van der Waals surface area contributed by atoms with E-state index in [0.717, 1.165) is 37.9 Å². The Labute approximate surface area is 102 Å². The van der Waals surface area contributed by atoms with Crippen molar-refractivity contribution >= 4 is 5.96 Å². The fourth-order valence-electron chi connectivity index (χ4n) is 1.88. The van der Waals surface area contributed by atoms with E-state index >= 15 is 0 Å². The monoisotopic (exact) mass is 233 g/mol. The molecule has 0 amide bonds. The third-order valence-corrected chi connectivity index (χ3v) is 2.92. The van der Waals surface area contributed by atoms with Crippen LogP contribution in [0.1, 0.15) is 12.5 Å². The average molecular weight is 233 g/mol. The first kappa shape index (κ1) is 11.8. The summed E-state index contributed by atoms with van der Waals surface area (Å²) < 4.78 is 5.13. The van der Waals surface area contributed by atoms with Crippen LogP contribution in [0.5, 0.6) is 5.75 Å². The number of nitrogens with zero attached hydrogens (tertiary/aromatic N) is 2. The van der Waals surface area contributed by atoms with Crippen molar-refractivity contribution in [1.82, 2.24) is 10.2 Å². The number of aliphatic imine (C=N–C) groups is 1. The van der Waals surface area contributed by atoms with Crippen LogP contribution in [0, 0.1) is 0 Å². The fourth-order valence-corrected chi connectivity index (χ4v) is 1.88. The molecule has 1 aromatic carbocycles. The van der Waals surface area contributed by atoms with Crippen molar-refractivity contribution < 1.29 is 4.74 Å². The van der Waals surface area contributed by atoms with Gasteiger partial charge in [0.15, 0.2) is 5.96 Å². The second-order valence-electron chi connectivity index (χ2n) is 3.99. The average Bonchev–Trinajstić information content (AvgIpc) is 2.84. The molecule has 0 aliphatic carbocycles. The standard InChI is InChI=1S/C13H19N3O/c1-3-16-9-8-14-13(16)15-10-11-4-6-12(17-2)7-5-11/h4-7H,3,8-10H2,1-2H3,(H,14,15).